The van der Waals surface area contributed by atoms with E-state index >= 15 is 0 Å². The molecule has 0 spiro atoms. The van der Waals surface area contributed by atoms with E-state index < -0.39 is 5.60 Å². The van der Waals surface area contributed by atoms with Crippen molar-refractivity contribution in [1.29, 1.82) is 0 Å². The molecule has 11 heteroatoms. The minimum absolute atomic E-state index is 0.0850. The van der Waals surface area contributed by atoms with Gasteiger partial charge in [0.2, 0.25) is 0 Å². The molecule has 0 radical (unpaired) electrons. The first kappa shape index (κ1) is 36.1. The Hall–Kier alpha value is -4.22. The maximum Gasteiger partial charge on any atom is 0.407 e. The monoisotopic (exact) mass is 684 g/mol. The second-order valence-corrected chi connectivity index (χ2v) is 14.4. The van der Waals surface area contributed by atoms with Gasteiger partial charge in [0.1, 0.15) is 11.4 Å². The number of carbonyl (C=O) groups excluding carboxylic acids is 2. The van der Waals surface area contributed by atoms with Crippen molar-refractivity contribution in [3.63, 3.8) is 0 Å². The van der Waals surface area contributed by atoms with Crippen molar-refractivity contribution in [2.45, 2.75) is 89.6 Å². The summed E-state index contributed by atoms with van der Waals surface area (Å²) in [6.45, 7) is 12.2. The number of unbranched alkanes of at least 4 members (excludes halogenated alkanes) is 2. The fourth-order valence-electron chi connectivity index (χ4n) is 5.84. The molecule has 5 rings (SSSR count). The van der Waals surface area contributed by atoms with Crippen LogP contribution in [0.5, 0.6) is 0 Å². The van der Waals surface area contributed by atoms with E-state index in [0.29, 0.717) is 18.7 Å². The van der Waals surface area contributed by atoms with Gasteiger partial charge in [-0.3, -0.25) is 9.78 Å². The molecule has 1 aliphatic heterocycles. The van der Waals surface area contributed by atoms with E-state index in [1.807, 2.05) is 88.5 Å². The van der Waals surface area contributed by atoms with Crippen LogP contribution in [0.15, 0.2) is 65.7 Å². The van der Waals surface area contributed by atoms with Crippen LogP contribution in [0, 0.1) is 6.92 Å². The lowest BCUT2D eigenvalue weighted by atomic mass is 10.1. The van der Waals surface area contributed by atoms with Crippen LogP contribution in [0.2, 0.25) is 0 Å². The molecule has 1 aliphatic rings. The molecule has 4 aromatic rings. The Morgan fingerprint density at radius 2 is 1.82 bits per heavy atom. The van der Waals surface area contributed by atoms with Crippen LogP contribution in [0.25, 0.3) is 22.3 Å². The second kappa shape index (κ2) is 16.5. The molecule has 0 bridgehead atoms. The number of nitrogens with one attached hydrogen (secondary N) is 2. The van der Waals surface area contributed by atoms with Crippen molar-refractivity contribution in [2.75, 3.05) is 30.8 Å². The van der Waals surface area contributed by atoms with E-state index in [1.165, 1.54) is 0 Å². The summed E-state index contributed by atoms with van der Waals surface area (Å²) in [5.74, 6) is 0.771. The number of pyridine rings is 3. The van der Waals surface area contributed by atoms with Gasteiger partial charge in [0.05, 0.1) is 41.4 Å². The quantitative estimate of drug-likeness (QED) is 0.117. The zero-order chi connectivity index (χ0) is 35.0. The molecule has 4 heterocycles. The minimum atomic E-state index is -0.490. The normalized spacial score (nSPS) is 16.4. The largest absolute Gasteiger partial charge is 0.444 e. The fourth-order valence-corrected chi connectivity index (χ4v) is 6.48. The maximum atomic E-state index is 12.8. The van der Waals surface area contributed by atoms with E-state index in [1.54, 1.807) is 18.0 Å². The molecule has 1 aromatic carbocycles. The minimum Gasteiger partial charge on any atom is -0.444 e. The van der Waals surface area contributed by atoms with Gasteiger partial charge in [-0.05, 0) is 102 Å². The van der Waals surface area contributed by atoms with Gasteiger partial charge in [-0.25, -0.2) is 14.8 Å². The summed E-state index contributed by atoms with van der Waals surface area (Å²) in [5.41, 5.74) is 4.40. The number of thioether (sulfide) groups is 1. The molecule has 1 saturated heterocycles. The molecular formula is C38H48N6O4S. The van der Waals surface area contributed by atoms with Gasteiger partial charge in [-0.15, -0.1) is 11.8 Å². The number of benzene rings is 1. The molecule has 0 saturated carbocycles. The van der Waals surface area contributed by atoms with Crippen LogP contribution < -0.4 is 15.5 Å². The first-order chi connectivity index (χ1) is 23.5. The van der Waals surface area contributed by atoms with Gasteiger partial charge in [-0.2, -0.15) is 0 Å². The highest BCUT2D eigenvalue weighted by Crippen LogP contribution is 2.26. The molecule has 2 amide bonds. The number of carbonyl (C=O) groups is 2. The van der Waals surface area contributed by atoms with Crippen LogP contribution in [0.3, 0.4) is 0 Å². The molecule has 1 fully saturated rings. The Kier molecular flexibility index (Phi) is 12.1. The lowest BCUT2D eigenvalue weighted by Crippen LogP contribution is -2.47. The third-order valence-corrected chi connectivity index (χ3v) is 9.13. The number of anilines is 1. The Morgan fingerprint density at radius 3 is 2.61 bits per heavy atom. The molecule has 260 valence electrons. The number of alkyl carbamates (subject to hydrolysis) is 1. The number of amides is 2. The van der Waals surface area contributed by atoms with Crippen molar-refractivity contribution in [3.05, 3.63) is 77.6 Å². The highest BCUT2D eigenvalue weighted by molar-refractivity contribution is 7.98. The Morgan fingerprint density at radius 1 is 1.00 bits per heavy atom. The predicted molar refractivity (Wildman–Crippen MR) is 196 cm³/mol. The van der Waals surface area contributed by atoms with Crippen LogP contribution in [0.1, 0.15) is 75.0 Å². The van der Waals surface area contributed by atoms with Gasteiger partial charge >= 0.3 is 6.09 Å². The van der Waals surface area contributed by atoms with E-state index in [0.717, 1.165) is 83.0 Å². The summed E-state index contributed by atoms with van der Waals surface area (Å²) >= 11 is 1.63. The summed E-state index contributed by atoms with van der Waals surface area (Å²) in [7, 11) is 0. The Bertz CT molecular complexity index is 1760. The van der Waals surface area contributed by atoms with Crippen LogP contribution in [-0.2, 0) is 16.0 Å². The lowest BCUT2D eigenvalue weighted by molar-refractivity contribution is -0.0210. The third kappa shape index (κ3) is 10.4. The molecule has 10 nitrogen and oxygen atoms in total. The number of rotatable bonds is 12. The number of ether oxygens (including phenoxy) is 2. The van der Waals surface area contributed by atoms with Crippen LogP contribution in [0.4, 0.5) is 10.6 Å². The number of morpholine rings is 1. The summed E-state index contributed by atoms with van der Waals surface area (Å²) in [4.78, 5) is 42.6. The number of nitrogens with zero attached hydrogens (tertiary/aromatic N) is 4. The number of aromatic nitrogens is 3. The first-order valence-electron chi connectivity index (χ1n) is 17.0. The van der Waals surface area contributed by atoms with Gasteiger partial charge < -0.3 is 25.0 Å². The summed E-state index contributed by atoms with van der Waals surface area (Å²) in [6.07, 6.45) is 7.48. The molecule has 2 N–H and O–H groups in total. The maximum absolute atomic E-state index is 12.8. The van der Waals surface area contributed by atoms with Crippen molar-refractivity contribution in [2.24, 2.45) is 0 Å². The number of fused-ring (bicyclic) bond motifs is 1. The Labute approximate surface area is 293 Å². The van der Waals surface area contributed by atoms with Gasteiger partial charge in [0.25, 0.3) is 5.91 Å². The molecule has 3 aromatic heterocycles. The Balaban J connectivity index is 1.17. The molecular weight excluding hydrogens is 637 g/mol. The standard InChI is InChI=1S/C38H48N6O4S/c1-25-14-15-27(19-34(25)49-6)36(45)41-22-29-20-33-28(21-40-29)16-17-32(42-33)31-12-10-13-35(43-31)44-23-26(2)47-30(24-44)11-8-7-9-18-39-37(46)48-38(3,4)5/h10,12-17,19-21,26,30H,7-9,11,18,22-24H2,1-6H3,(H,39,46)(H,41,45). The van der Waals surface area contributed by atoms with Crippen molar-refractivity contribution >= 4 is 40.5 Å². The van der Waals surface area contributed by atoms with E-state index in [2.05, 4.69) is 27.4 Å². The van der Waals surface area contributed by atoms with Crippen LogP contribution in [-0.4, -0.2) is 70.7 Å². The number of hydrogen-bond acceptors (Lipinski definition) is 9. The van der Waals surface area contributed by atoms with E-state index in [9.17, 15) is 9.59 Å². The SMILES string of the molecule is CSc1cc(C(=O)NCc2cc3nc(-c4cccc(N5CC(C)OC(CCCCCNC(=O)OC(C)(C)C)C5)n4)ccc3cn2)ccc1C. The third-order valence-electron chi connectivity index (χ3n) is 8.25. The van der Waals surface area contributed by atoms with Crippen molar-refractivity contribution in [1.82, 2.24) is 25.6 Å². The van der Waals surface area contributed by atoms with E-state index in [-0.39, 0.29) is 24.2 Å². The second-order valence-electron chi connectivity index (χ2n) is 13.6. The topological polar surface area (TPSA) is 119 Å². The fraction of sp³-hybridized carbons (Fsp3) is 0.447. The molecule has 2 atom stereocenters. The highest BCUT2D eigenvalue weighted by Gasteiger charge is 2.26. The summed E-state index contributed by atoms with van der Waals surface area (Å²) < 4.78 is 11.6. The van der Waals surface area contributed by atoms with Crippen molar-refractivity contribution < 1.29 is 19.1 Å². The van der Waals surface area contributed by atoms with Crippen LogP contribution >= 0.6 is 11.8 Å². The molecule has 49 heavy (non-hydrogen) atoms. The van der Waals surface area contributed by atoms with Crippen molar-refractivity contribution in [3.8, 4) is 11.4 Å². The number of hydrogen-bond donors (Lipinski definition) is 2. The van der Waals surface area contributed by atoms with Gasteiger partial charge in [-0.1, -0.05) is 25.0 Å². The highest BCUT2D eigenvalue weighted by atomic mass is 32.2. The smallest absolute Gasteiger partial charge is 0.407 e. The average molecular weight is 685 g/mol. The first-order valence-corrected chi connectivity index (χ1v) is 18.2. The van der Waals surface area contributed by atoms with Gasteiger partial charge in [0, 0.05) is 41.7 Å². The zero-order valence-corrected chi connectivity index (χ0v) is 30.2. The van der Waals surface area contributed by atoms with Gasteiger partial charge in [0.15, 0.2) is 0 Å². The van der Waals surface area contributed by atoms with E-state index in [4.69, 9.17) is 19.4 Å². The lowest BCUT2D eigenvalue weighted by Gasteiger charge is -2.37. The molecule has 0 aliphatic carbocycles. The zero-order valence-electron chi connectivity index (χ0n) is 29.4. The molecule has 2 unspecified atom stereocenters. The summed E-state index contributed by atoms with van der Waals surface area (Å²) in [6, 6.07) is 17.7. The predicted octanol–water partition coefficient (Wildman–Crippen LogP) is 7.33. The average Bonchev–Trinajstić information content (AvgIpc) is 3.07. The number of aryl methyl sites for hydroxylation is 1. The summed E-state index contributed by atoms with van der Waals surface area (Å²) in [5, 5.41) is 6.75.